The van der Waals surface area contributed by atoms with Crippen LogP contribution in [0.4, 0.5) is 16.4 Å². The summed E-state index contributed by atoms with van der Waals surface area (Å²) in [7, 11) is 0. The molecule has 8 heteroatoms. The van der Waals surface area contributed by atoms with Crippen molar-refractivity contribution < 1.29 is 9.53 Å². The molecule has 2 fully saturated rings. The van der Waals surface area contributed by atoms with Crippen LogP contribution in [0, 0.1) is 18.8 Å². The van der Waals surface area contributed by atoms with E-state index >= 15 is 0 Å². The smallest absolute Gasteiger partial charge is 0.405 e. The van der Waals surface area contributed by atoms with Gasteiger partial charge in [-0.2, -0.15) is 0 Å². The molecule has 28 heavy (non-hydrogen) atoms. The fourth-order valence-electron chi connectivity index (χ4n) is 4.69. The van der Waals surface area contributed by atoms with Gasteiger partial charge in [-0.05, 0) is 44.1 Å². The van der Waals surface area contributed by atoms with Gasteiger partial charge in [0.25, 0.3) is 0 Å². The molecule has 4 N–H and O–H groups in total. The van der Waals surface area contributed by atoms with Crippen molar-refractivity contribution in [2.24, 2.45) is 17.6 Å². The SMILES string of the molecule is Cc1cccc(-c2ncc(N3C[C@@H]4C[C@](C)(OC(N)=O)C[C@@H]4C3)nc2N)c1Cl. The van der Waals surface area contributed by atoms with Crippen LogP contribution in [0.3, 0.4) is 0 Å². The Kier molecular flexibility index (Phi) is 4.57. The largest absolute Gasteiger partial charge is 0.443 e. The highest BCUT2D eigenvalue weighted by atomic mass is 35.5. The van der Waals surface area contributed by atoms with Gasteiger partial charge in [-0.3, -0.25) is 0 Å². The third-order valence-electron chi connectivity index (χ3n) is 5.87. The molecule has 1 aromatic heterocycles. The van der Waals surface area contributed by atoms with Gasteiger partial charge in [0.2, 0.25) is 0 Å². The number of nitrogen functional groups attached to an aromatic ring is 1. The molecule has 4 rings (SSSR count). The summed E-state index contributed by atoms with van der Waals surface area (Å²) in [5.41, 5.74) is 13.3. The average molecular weight is 402 g/mol. The van der Waals surface area contributed by atoms with Crippen LogP contribution in [0.15, 0.2) is 24.4 Å². The first-order valence-electron chi connectivity index (χ1n) is 9.37. The minimum Gasteiger partial charge on any atom is -0.443 e. The molecule has 7 nitrogen and oxygen atoms in total. The predicted molar refractivity (Wildman–Crippen MR) is 109 cm³/mol. The lowest BCUT2D eigenvalue weighted by atomic mass is 10.0. The first-order valence-corrected chi connectivity index (χ1v) is 9.75. The van der Waals surface area contributed by atoms with E-state index in [1.807, 2.05) is 32.0 Å². The Morgan fingerprint density at radius 1 is 1.32 bits per heavy atom. The summed E-state index contributed by atoms with van der Waals surface area (Å²) >= 11 is 6.42. The highest BCUT2D eigenvalue weighted by Crippen LogP contribution is 2.46. The lowest BCUT2D eigenvalue weighted by Crippen LogP contribution is -2.34. The number of primary amides is 1. The molecule has 2 aliphatic rings. The standard InChI is InChI=1S/C20H24ClN5O2/c1-11-4-3-5-14(16(11)21)17-18(22)25-15(8-24-17)26-9-12-6-20(2,28-19(23)27)7-13(12)10-26/h3-5,8,12-13H,6-7,9-10H2,1-2H3,(H2,22,25)(H2,23,27)/t12-,13+,20-. The minimum absolute atomic E-state index is 0.365. The molecule has 0 radical (unpaired) electrons. The second-order valence-corrected chi connectivity index (χ2v) is 8.48. The van der Waals surface area contributed by atoms with Crippen LogP contribution in [-0.4, -0.2) is 34.8 Å². The van der Waals surface area contributed by atoms with E-state index in [2.05, 4.69) is 14.9 Å². The zero-order valence-electron chi connectivity index (χ0n) is 16.0. The number of anilines is 2. The molecule has 0 bridgehead atoms. The Hall–Kier alpha value is -2.54. The van der Waals surface area contributed by atoms with Crippen molar-refractivity contribution in [1.29, 1.82) is 0 Å². The van der Waals surface area contributed by atoms with Crippen LogP contribution >= 0.6 is 11.6 Å². The molecule has 1 saturated carbocycles. The molecule has 1 aromatic carbocycles. The highest BCUT2D eigenvalue weighted by molar-refractivity contribution is 6.34. The third kappa shape index (κ3) is 3.35. The van der Waals surface area contributed by atoms with E-state index in [0.717, 1.165) is 42.9 Å². The fraction of sp³-hybridized carbons (Fsp3) is 0.450. The Morgan fingerprint density at radius 2 is 2.00 bits per heavy atom. The maximum absolute atomic E-state index is 11.1. The molecule has 0 unspecified atom stereocenters. The van der Waals surface area contributed by atoms with Crippen LogP contribution in [0.25, 0.3) is 11.3 Å². The van der Waals surface area contributed by atoms with E-state index in [0.29, 0.717) is 28.4 Å². The monoisotopic (exact) mass is 401 g/mol. The van der Waals surface area contributed by atoms with Crippen LogP contribution in [0.1, 0.15) is 25.3 Å². The molecular weight excluding hydrogens is 378 g/mol. The number of carbonyl (C=O) groups excluding carboxylic acids is 1. The number of amides is 1. The van der Waals surface area contributed by atoms with Crippen molar-refractivity contribution in [3.05, 3.63) is 35.0 Å². The topological polar surface area (TPSA) is 107 Å². The summed E-state index contributed by atoms with van der Waals surface area (Å²) in [6.07, 6.45) is 2.65. The number of halogens is 1. The average Bonchev–Trinajstić information content (AvgIpc) is 3.11. The van der Waals surface area contributed by atoms with Crippen LogP contribution < -0.4 is 16.4 Å². The second kappa shape index (κ2) is 6.81. The lowest BCUT2D eigenvalue weighted by Gasteiger charge is -2.26. The van der Waals surface area contributed by atoms with E-state index < -0.39 is 11.7 Å². The summed E-state index contributed by atoms with van der Waals surface area (Å²) in [5, 5.41) is 0.640. The van der Waals surface area contributed by atoms with Gasteiger partial charge in [0.15, 0.2) is 5.82 Å². The van der Waals surface area contributed by atoms with Crippen LogP contribution in [0.2, 0.25) is 5.02 Å². The number of aromatic nitrogens is 2. The summed E-state index contributed by atoms with van der Waals surface area (Å²) in [5.74, 6) is 1.98. The summed E-state index contributed by atoms with van der Waals surface area (Å²) in [4.78, 5) is 22.5. The van der Waals surface area contributed by atoms with Gasteiger partial charge >= 0.3 is 6.09 Å². The second-order valence-electron chi connectivity index (χ2n) is 8.10. The van der Waals surface area contributed by atoms with Crippen molar-refractivity contribution >= 4 is 29.3 Å². The van der Waals surface area contributed by atoms with Crippen molar-refractivity contribution in [2.75, 3.05) is 23.7 Å². The van der Waals surface area contributed by atoms with E-state index in [9.17, 15) is 4.79 Å². The summed E-state index contributed by atoms with van der Waals surface area (Å²) in [6.45, 7) is 5.57. The number of fused-ring (bicyclic) bond motifs is 1. The molecule has 2 aromatic rings. The number of nitrogens with two attached hydrogens (primary N) is 2. The lowest BCUT2D eigenvalue weighted by molar-refractivity contribution is 0.0312. The Morgan fingerprint density at radius 3 is 2.61 bits per heavy atom. The molecule has 1 amide bonds. The number of rotatable bonds is 3. The first kappa shape index (κ1) is 18.8. The predicted octanol–water partition coefficient (Wildman–Crippen LogP) is 3.39. The number of nitrogens with zero attached hydrogens (tertiary/aromatic N) is 3. The number of hydrogen-bond acceptors (Lipinski definition) is 6. The van der Waals surface area contributed by atoms with Crippen LogP contribution in [0.5, 0.6) is 0 Å². The van der Waals surface area contributed by atoms with Gasteiger partial charge in [-0.15, -0.1) is 0 Å². The Labute approximate surface area is 169 Å². The van der Waals surface area contributed by atoms with Crippen molar-refractivity contribution in [3.63, 3.8) is 0 Å². The normalized spacial score (nSPS) is 26.3. The molecule has 3 atom stereocenters. The molecule has 148 valence electrons. The third-order valence-corrected chi connectivity index (χ3v) is 6.37. The van der Waals surface area contributed by atoms with Crippen molar-refractivity contribution in [1.82, 2.24) is 9.97 Å². The zero-order chi connectivity index (χ0) is 20.1. The van der Waals surface area contributed by atoms with E-state index in [1.54, 1.807) is 6.20 Å². The minimum atomic E-state index is -0.705. The number of aryl methyl sites for hydroxylation is 1. The number of benzene rings is 1. The van der Waals surface area contributed by atoms with E-state index in [4.69, 9.17) is 27.8 Å². The molecule has 1 aliphatic carbocycles. The number of carbonyl (C=O) groups is 1. The van der Waals surface area contributed by atoms with Crippen molar-refractivity contribution in [2.45, 2.75) is 32.3 Å². The number of hydrogen-bond donors (Lipinski definition) is 2. The Balaban J connectivity index is 1.51. The van der Waals surface area contributed by atoms with E-state index in [-0.39, 0.29) is 0 Å². The van der Waals surface area contributed by atoms with E-state index in [1.165, 1.54) is 0 Å². The van der Waals surface area contributed by atoms with Crippen LogP contribution in [-0.2, 0) is 4.74 Å². The fourth-order valence-corrected chi connectivity index (χ4v) is 4.91. The Bertz CT molecular complexity index is 921. The zero-order valence-corrected chi connectivity index (χ0v) is 16.7. The van der Waals surface area contributed by atoms with Gasteiger partial charge in [0, 0.05) is 18.7 Å². The quantitative estimate of drug-likeness (QED) is 0.816. The van der Waals surface area contributed by atoms with Crippen molar-refractivity contribution in [3.8, 4) is 11.3 Å². The molecule has 0 spiro atoms. The first-order chi connectivity index (χ1) is 13.3. The number of ether oxygens (including phenoxy) is 1. The van der Waals surface area contributed by atoms with Gasteiger partial charge in [-0.1, -0.05) is 29.8 Å². The molecular formula is C20H24ClN5O2. The van der Waals surface area contributed by atoms with Gasteiger partial charge < -0.3 is 21.1 Å². The highest BCUT2D eigenvalue weighted by Gasteiger charge is 2.49. The maximum atomic E-state index is 11.1. The van der Waals surface area contributed by atoms with Gasteiger partial charge in [-0.25, -0.2) is 14.8 Å². The molecule has 1 saturated heterocycles. The molecule has 1 aliphatic heterocycles. The summed E-state index contributed by atoms with van der Waals surface area (Å²) < 4.78 is 5.34. The van der Waals surface area contributed by atoms with Gasteiger partial charge in [0.05, 0.1) is 11.2 Å². The summed E-state index contributed by atoms with van der Waals surface area (Å²) in [6, 6.07) is 5.77. The molecule has 2 heterocycles. The maximum Gasteiger partial charge on any atom is 0.405 e. The van der Waals surface area contributed by atoms with Gasteiger partial charge in [0.1, 0.15) is 17.1 Å².